The summed E-state index contributed by atoms with van der Waals surface area (Å²) in [6, 6.07) is 14.1. The monoisotopic (exact) mass is 423 g/mol. The summed E-state index contributed by atoms with van der Waals surface area (Å²) in [5.41, 5.74) is -0.865. The lowest BCUT2D eigenvalue weighted by atomic mass is 9.55. The van der Waals surface area contributed by atoms with Crippen LogP contribution in [0, 0.1) is 0 Å². The minimum Gasteiger partial charge on any atom is -0.426 e. The Labute approximate surface area is 169 Å². The van der Waals surface area contributed by atoms with Gasteiger partial charge in [0.1, 0.15) is 0 Å². The highest BCUT2D eigenvalue weighted by molar-refractivity contribution is 6.80. The van der Waals surface area contributed by atoms with Crippen molar-refractivity contribution in [1.82, 2.24) is 4.98 Å². The number of halogens is 6. The van der Waals surface area contributed by atoms with Gasteiger partial charge in [-0.1, -0.05) is 54.6 Å². The smallest absolute Gasteiger partial charge is 0.416 e. The van der Waals surface area contributed by atoms with E-state index in [1.807, 2.05) is 0 Å². The van der Waals surface area contributed by atoms with E-state index in [-0.39, 0.29) is 17.5 Å². The number of benzene rings is 2. The third-order valence-corrected chi connectivity index (χ3v) is 4.40. The largest absolute Gasteiger partial charge is 0.426 e. The molecule has 3 rings (SSSR count). The van der Waals surface area contributed by atoms with Crippen molar-refractivity contribution in [2.75, 3.05) is 6.61 Å². The zero-order chi connectivity index (χ0) is 21.8. The quantitative estimate of drug-likeness (QED) is 0.431. The molecular formula is C21H16BF6NO. The standard InChI is InChI=1S/C21H16BF6NO/c23-20(24,25)15-5-3-7-17(13-15)22(30-12-10-19-9-1-2-11-29-19)18-8-4-6-16(14-18)21(26,27)28/h1-9,11,13-14H,10,12H2. The fourth-order valence-electron chi connectivity index (χ4n) is 2.97. The van der Waals surface area contributed by atoms with Gasteiger partial charge in [-0.15, -0.1) is 0 Å². The number of rotatable bonds is 6. The van der Waals surface area contributed by atoms with E-state index >= 15 is 0 Å². The maximum atomic E-state index is 13.1. The fourth-order valence-corrected chi connectivity index (χ4v) is 2.97. The van der Waals surface area contributed by atoms with Gasteiger partial charge in [0, 0.05) is 24.9 Å². The van der Waals surface area contributed by atoms with Gasteiger partial charge in [0.2, 0.25) is 0 Å². The molecule has 156 valence electrons. The Morgan fingerprint density at radius 2 is 1.30 bits per heavy atom. The van der Waals surface area contributed by atoms with E-state index in [1.54, 1.807) is 24.4 Å². The molecule has 30 heavy (non-hydrogen) atoms. The molecule has 2 aromatic carbocycles. The van der Waals surface area contributed by atoms with Crippen LogP contribution in [-0.4, -0.2) is 18.5 Å². The molecule has 9 heteroatoms. The average Bonchev–Trinajstić information content (AvgIpc) is 2.71. The van der Waals surface area contributed by atoms with Crippen LogP contribution in [0.25, 0.3) is 0 Å². The number of hydrogen-bond acceptors (Lipinski definition) is 2. The molecule has 0 unspecified atom stereocenters. The highest BCUT2D eigenvalue weighted by Gasteiger charge is 2.34. The lowest BCUT2D eigenvalue weighted by molar-refractivity contribution is -0.138. The Balaban J connectivity index is 1.93. The molecule has 0 saturated heterocycles. The number of alkyl halides is 6. The SMILES string of the molecule is FC(F)(F)c1cccc(B(OCCc2ccccn2)c2cccc(C(F)(F)F)c2)c1. The second kappa shape index (κ2) is 8.91. The second-order valence-corrected chi connectivity index (χ2v) is 6.57. The predicted octanol–water partition coefficient (Wildman–Crippen LogP) is 4.48. The fraction of sp³-hybridized carbons (Fsp3) is 0.190. The van der Waals surface area contributed by atoms with Crippen LogP contribution in [0.3, 0.4) is 0 Å². The molecule has 0 aliphatic rings. The van der Waals surface area contributed by atoms with Crippen molar-refractivity contribution in [3.8, 4) is 0 Å². The summed E-state index contributed by atoms with van der Waals surface area (Å²) in [7, 11) is 0. The van der Waals surface area contributed by atoms with Crippen LogP contribution < -0.4 is 10.9 Å². The number of nitrogens with zero attached hydrogens (tertiary/aromatic N) is 1. The van der Waals surface area contributed by atoms with E-state index in [0.29, 0.717) is 12.1 Å². The van der Waals surface area contributed by atoms with Gasteiger partial charge in [-0.25, -0.2) is 0 Å². The van der Waals surface area contributed by atoms with Gasteiger partial charge in [-0.05, 0) is 23.1 Å². The minimum atomic E-state index is -4.58. The maximum absolute atomic E-state index is 13.1. The molecule has 0 atom stereocenters. The summed E-state index contributed by atoms with van der Waals surface area (Å²) in [4.78, 5) is 4.14. The normalized spacial score (nSPS) is 12.1. The Morgan fingerprint density at radius 3 is 1.77 bits per heavy atom. The van der Waals surface area contributed by atoms with Gasteiger partial charge in [-0.2, -0.15) is 26.3 Å². The summed E-state index contributed by atoms with van der Waals surface area (Å²) in [5, 5.41) is 0. The average molecular weight is 423 g/mol. The van der Waals surface area contributed by atoms with Crippen LogP contribution >= 0.6 is 0 Å². The van der Waals surface area contributed by atoms with Crippen LogP contribution in [-0.2, 0) is 23.4 Å². The topological polar surface area (TPSA) is 22.1 Å². The van der Waals surface area contributed by atoms with Crippen molar-refractivity contribution in [3.05, 3.63) is 89.7 Å². The minimum absolute atomic E-state index is 0.0637. The number of hydrogen-bond donors (Lipinski definition) is 0. The van der Waals surface area contributed by atoms with Crippen LogP contribution in [0.15, 0.2) is 72.9 Å². The molecule has 0 aliphatic carbocycles. The molecule has 2 nitrogen and oxygen atoms in total. The van der Waals surface area contributed by atoms with Crippen LogP contribution in [0.4, 0.5) is 26.3 Å². The first-order chi connectivity index (χ1) is 14.1. The molecule has 0 radical (unpaired) electrons. The molecule has 0 bridgehead atoms. The van der Waals surface area contributed by atoms with E-state index < -0.39 is 30.4 Å². The van der Waals surface area contributed by atoms with Gasteiger partial charge < -0.3 is 4.65 Å². The first-order valence-corrected chi connectivity index (χ1v) is 9.00. The van der Waals surface area contributed by atoms with Crippen LogP contribution in [0.1, 0.15) is 16.8 Å². The Morgan fingerprint density at radius 1 is 0.733 bits per heavy atom. The zero-order valence-electron chi connectivity index (χ0n) is 15.5. The highest BCUT2D eigenvalue weighted by Crippen LogP contribution is 2.29. The van der Waals surface area contributed by atoms with Crippen LogP contribution in [0.5, 0.6) is 0 Å². The van der Waals surface area contributed by atoms with Crippen molar-refractivity contribution < 1.29 is 31.0 Å². The molecule has 0 amide bonds. The third kappa shape index (κ3) is 5.63. The summed E-state index contributed by atoms with van der Waals surface area (Å²) < 4.78 is 84.6. The highest BCUT2D eigenvalue weighted by atomic mass is 19.4. The van der Waals surface area contributed by atoms with Crippen molar-refractivity contribution in [1.29, 1.82) is 0 Å². The molecule has 3 aromatic rings. The number of aromatic nitrogens is 1. The first kappa shape index (κ1) is 21.9. The molecule has 0 spiro atoms. The molecule has 0 N–H and O–H groups in total. The molecule has 1 aromatic heterocycles. The third-order valence-electron chi connectivity index (χ3n) is 4.40. The summed E-state index contributed by atoms with van der Waals surface area (Å²) in [6.07, 6.45) is -7.22. The second-order valence-electron chi connectivity index (χ2n) is 6.57. The van der Waals surface area contributed by atoms with Gasteiger partial charge in [0.05, 0.1) is 11.1 Å². The van der Waals surface area contributed by atoms with E-state index in [9.17, 15) is 26.3 Å². The van der Waals surface area contributed by atoms with E-state index in [1.165, 1.54) is 24.3 Å². The zero-order valence-corrected chi connectivity index (χ0v) is 15.5. The molecule has 1 heterocycles. The predicted molar refractivity (Wildman–Crippen MR) is 102 cm³/mol. The molecule has 0 aliphatic heterocycles. The van der Waals surface area contributed by atoms with Crippen LogP contribution in [0.2, 0.25) is 0 Å². The summed E-state index contributed by atoms with van der Waals surface area (Å²) >= 11 is 0. The van der Waals surface area contributed by atoms with Gasteiger partial charge in [-0.3, -0.25) is 4.98 Å². The van der Waals surface area contributed by atoms with Gasteiger partial charge >= 0.3 is 19.3 Å². The molecule has 0 fully saturated rings. The van der Waals surface area contributed by atoms with Gasteiger partial charge in [0.25, 0.3) is 0 Å². The number of pyridine rings is 1. The maximum Gasteiger partial charge on any atom is 0.416 e. The van der Waals surface area contributed by atoms with E-state index in [0.717, 1.165) is 24.3 Å². The van der Waals surface area contributed by atoms with Crippen molar-refractivity contribution in [2.24, 2.45) is 0 Å². The molecule has 0 saturated carbocycles. The lowest BCUT2D eigenvalue weighted by Gasteiger charge is -2.18. The molecular weight excluding hydrogens is 407 g/mol. The van der Waals surface area contributed by atoms with E-state index in [2.05, 4.69) is 4.98 Å². The Hall–Kier alpha value is -2.81. The Kier molecular flexibility index (Phi) is 6.50. The van der Waals surface area contributed by atoms with Crippen molar-refractivity contribution >= 4 is 17.8 Å². The first-order valence-electron chi connectivity index (χ1n) is 9.00. The van der Waals surface area contributed by atoms with Gasteiger partial charge in [0.15, 0.2) is 0 Å². The van der Waals surface area contributed by atoms with E-state index in [4.69, 9.17) is 4.65 Å². The summed E-state index contributed by atoms with van der Waals surface area (Å²) in [5.74, 6) is 0. The lowest BCUT2D eigenvalue weighted by Crippen LogP contribution is -2.46. The van der Waals surface area contributed by atoms with Crippen molar-refractivity contribution in [2.45, 2.75) is 18.8 Å². The summed E-state index contributed by atoms with van der Waals surface area (Å²) in [6.45, 7) is -1.04. The Bertz CT molecular complexity index is 917. The van der Waals surface area contributed by atoms with Crippen molar-refractivity contribution in [3.63, 3.8) is 0 Å².